The van der Waals surface area contributed by atoms with Crippen molar-refractivity contribution in [1.29, 1.82) is 0 Å². The smallest absolute Gasteiger partial charge is 0.309 e. The predicted octanol–water partition coefficient (Wildman–Crippen LogP) is 5.22. The predicted molar refractivity (Wildman–Crippen MR) is 103 cm³/mol. The van der Waals surface area contributed by atoms with Crippen LogP contribution in [0.15, 0.2) is 12.2 Å². The van der Waals surface area contributed by atoms with Gasteiger partial charge in [-0.1, -0.05) is 32.4 Å². The topological polar surface area (TPSA) is 63.6 Å². The van der Waals surface area contributed by atoms with Crippen molar-refractivity contribution in [3.8, 4) is 0 Å². The van der Waals surface area contributed by atoms with Gasteiger partial charge in [0.2, 0.25) is 0 Å². The van der Waals surface area contributed by atoms with Gasteiger partial charge in [0.15, 0.2) is 0 Å². The zero-order valence-corrected chi connectivity index (χ0v) is 17.0. The molecular formula is C22H36O4. The first-order chi connectivity index (χ1) is 12.1. The first kappa shape index (κ1) is 21.0. The lowest BCUT2D eigenvalue weighted by Gasteiger charge is -2.57. The average molecular weight is 365 g/mol. The second-order valence-electron chi connectivity index (χ2n) is 9.20. The van der Waals surface area contributed by atoms with E-state index >= 15 is 0 Å². The number of hydrogen-bond acceptors (Lipinski definition) is 3. The molecule has 0 amide bonds. The number of esters is 1. The minimum absolute atomic E-state index is 0.0380. The van der Waals surface area contributed by atoms with Gasteiger partial charge < -0.3 is 9.84 Å². The summed E-state index contributed by atoms with van der Waals surface area (Å²) in [5.74, 6) is 0.267. The number of hydrogen-bond donors (Lipinski definition) is 1. The number of ether oxygens (including phenoxy) is 1. The Labute approximate surface area is 158 Å². The minimum atomic E-state index is -0.630. The molecule has 0 aromatic rings. The van der Waals surface area contributed by atoms with E-state index in [4.69, 9.17) is 4.74 Å². The van der Waals surface area contributed by atoms with Gasteiger partial charge in [0.1, 0.15) is 0 Å². The number of rotatable bonds is 7. The van der Waals surface area contributed by atoms with Crippen LogP contribution in [-0.4, -0.2) is 23.7 Å². The van der Waals surface area contributed by atoms with E-state index in [1.807, 2.05) is 6.92 Å². The SMILES string of the molecule is C=C1CCC2[C@](C)(CCC[C@]2(C)C(=O)O)[C@H]1CCC(C)CCOC(C)=O. The maximum atomic E-state index is 12.0. The average Bonchev–Trinajstić information content (AvgIpc) is 2.53. The first-order valence-corrected chi connectivity index (χ1v) is 10.2. The molecular weight excluding hydrogens is 328 g/mol. The summed E-state index contributed by atoms with van der Waals surface area (Å²) in [6.45, 7) is 12.8. The first-order valence-electron chi connectivity index (χ1n) is 10.2. The molecule has 4 nitrogen and oxygen atoms in total. The standard InChI is InChI=1S/C22H36O4/c1-15(11-14-26-17(3)23)7-9-18-16(2)8-10-19-21(18,4)12-6-13-22(19,5)20(24)25/h15,18-19H,2,6-14H2,1,3-5H3,(H,24,25)/t15?,18-,19?,21+,22-/m0/s1. The van der Waals surface area contributed by atoms with Crippen molar-refractivity contribution in [2.24, 2.45) is 28.6 Å². The molecule has 0 aliphatic heterocycles. The maximum Gasteiger partial charge on any atom is 0.309 e. The Kier molecular flexibility index (Phi) is 6.57. The molecule has 0 heterocycles. The molecule has 2 rings (SSSR count). The summed E-state index contributed by atoms with van der Waals surface area (Å²) < 4.78 is 5.06. The molecule has 0 spiro atoms. The summed E-state index contributed by atoms with van der Waals surface area (Å²) in [6, 6.07) is 0. The molecule has 5 atom stereocenters. The van der Waals surface area contributed by atoms with Gasteiger partial charge in [0, 0.05) is 6.92 Å². The lowest BCUT2D eigenvalue weighted by atomic mass is 9.46. The Morgan fingerprint density at radius 1 is 1.31 bits per heavy atom. The van der Waals surface area contributed by atoms with Crippen LogP contribution < -0.4 is 0 Å². The molecule has 0 radical (unpaired) electrons. The Morgan fingerprint density at radius 2 is 2.00 bits per heavy atom. The lowest BCUT2D eigenvalue weighted by Crippen LogP contribution is -2.53. The molecule has 2 aliphatic rings. The normalized spacial score (nSPS) is 35.5. The molecule has 2 unspecified atom stereocenters. The third-order valence-electron chi connectivity index (χ3n) is 7.37. The summed E-state index contributed by atoms with van der Waals surface area (Å²) in [4.78, 5) is 22.9. The number of carboxylic acids is 1. The molecule has 2 aliphatic carbocycles. The van der Waals surface area contributed by atoms with Crippen molar-refractivity contribution in [2.45, 2.75) is 79.1 Å². The van der Waals surface area contributed by atoms with Gasteiger partial charge in [0.25, 0.3) is 0 Å². The second-order valence-corrected chi connectivity index (χ2v) is 9.20. The molecule has 1 N–H and O–H groups in total. The molecule has 0 aromatic carbocycles. The monoisotopic (exact) mass is 364 g/mol. The van der Waals surface area contributed by atoms with Gasteiger partial charge in [-0.15, -0.1) is 0 Å². The van der Waals surface area contributed by atoms with E-state index in [1.165, 1.54) is 12.5 Å². The van der Waals surface area contributed by atoms with E-state index in [1.54, 1.807) is 0 Å². The lowest BCUT2D eigenvalue weighted by molar-refractivity contribution is -0.164. The number of allylic oxidation sites excluding steroid dienone is 1. The van der Waals surface area contributed by atoms with E-state index in [9.17, 15) is 14.7 Å². The highest BCUT2D eigenvalue weighted by atomic mass is 16.5. The largest absolute Gasteiger partial charge is 0.481 e. The van der Waals surface area contributed by atoms with E-state index in [-0.39, 0.29) is 17.3 Å². The highest BCUT2D eigenvalue weighted by Crippen LogP contribution is 2.62. The molecule has 2 fully saturated rings. The highest BCUT2D eigenvalue weighted by molar-refractivity contribution is 5.75. The van der Waals surface area contributed by atoms with E-state index in [2.05, 4.69) is 20.4 Å². The number of carbonyl (C=O) groups excluding carboxylic acids is 1. The Hall–Kier alpha value is -1.32. The molecule has 0 bridgehead atoms. The van der Waals surface area contributed by atoms with Crippen molar-refractivity contribution < 1.29 is 19.4 Å². The quantitative estimate of drug-likeness (QED) is 0.497. The van der Waals surface area contributed by atoms with Gasteiger partial charge in [0.05, 0.1) is 12.0 Å². The van der Waals surface area contributed by atoms with Crippen molar-refractivity contribution in [1.82, 2.24) is 0 Å². The van der Waals surface area contributed by atoms with Crippen LogP contribution >= 0.6 is 0 Å². The Morgan fingerprint density at radius 3 is 2.62 bits per heavy atom. The van der Waals surface area contributed by atoms with Crippen LogP contribution in [0.4, 0.5) is 0 Å². The van der Waals surface area contributed by atoms with Gasteiger partial charge in [-0.3, -0.25) is 9.59 Å². The summed E-state index contributed by atoms with van der Waals surface area (Å²) >= 11 is 0. The molecule has 0 saturated heterocycles. The Bertz CT molecular complexity index is 554. The molecule has 148 valence electrons. The summed E-state index contributed by atoms with van der Waals surface area (Å²) in [5, 5.41) is 9.90. The summed E-state index contributed by atoms with van der Waals surface area (Å²) in [6.07, 6.45) is 7.80. The number of aliphatic carboxylic acids is 1. The van der Waals surface area contributed by atoms with Crippen LogP contribution in [0.25, 0.3) is 0 Å². The third kappa shape index (κ3) is 4.15. The van der Waals surface area contributed by atoms with Gasteiger partial charge in [-0.25, -0.2) is 0 Å². The molecule has 2 saturated carbocycles. The van der Waals surface area contributed by atoms with Crippen LogP contribution in [0.2, 0.25) is 0 Å². The van der Waals surface area contributed by atoms with E-state index in [0.717, 1.165) is 51.4 Å². The molecule has 0 aromatic heterocycles. The third-order valence-corrected chi connectivity index (χ3v) is 7.37. The van der Waals surface area contributed by atoms with Crippen molar-refractivity contribution >= 4 is 11.9 Å². The minimum Gasteiger partial charge on any atom is -0.481 e. The van der Waals surface area contributed by atoms with Crippen LogP contribution in [0.1, 0.15) is 79.1 Å². The summed E-state index contributed by atoms with van der Waals surface area (Å²) in [7, 11) is 0. The highest BCUT2D eigenvalue weighted by Gasteiger charge is 2.57. The number of carbonyl (C=O) groups is 2. The fourth-order valence-corrected chi connectivity index (χ4v) is 5.74. The summed E-state index contributed by atoms with van der Waals surface area (Å²) in [5.41, 5.74) is 0.744. The van der Waals surface area contributed by atoms with Gasteiger partial charge in [-0.2, -0.15) is 0 Å². The van der Waals surface area contributed by atoms with Crippen LogP contribution in [0, 0.1) is 28.6 Å². The zero-order valence-electron chi connectivity index (χ0n) is 17.0. The molecule has 4 heteroatoms. The zero-order chi connectivity index (χ0) is 19.5. The van der Waals surface area contributed by atoms with Crippen LogP contribution in [0.5, 0.6) is 0 Å². The van der Waals surface area contributed by atoms with E-state index in [0.29, 0.717) is 18.4 Å². The van der Waals surface area contributed by atoms with Crippen LogP contribution in [0.3, 0.4) is 0 Å². The van der Waals surface area contributed by atoms with Crippen molar-refractivity contribution in [2.75, 3.05) is 6.61 Å². The van der Waals surface area contributed by atoms with E-state index < -0.39 is 11.4 Å². The Balaban J connectivity index is 2.06. The van der Waals surface area contributed by atoms with Gasteiger partial charge >= 0.3 is 11.9 Å². The molecule has 26 heavy (non-hydrogen) atoms. The number of fused-ring (bicyclic) bond motifs is 1. The fourth-order valence-electron chi connectivity index (χ4n) is 5.74. The van der Waals surface area contributed by atoms with Crippen molar-refractivity contribution in [3.05, 3.63) is 12.2 Å². The van der Waals surface area contributed by atoms with Crippen molar-refractivity contribution in [3.63, 3.8) is 0 Å². The van der Waals surface area contributed by atoms with Crippen LogP contribution in [-0.2, 0) is 14.3 Å². The second kappa shape index (κ2) is 8.14. The maximum absolute atomic E-state index is 12.0. The van der Waals surface area contributed by atoms with Gasteiger partial charge in [-0.05, 0) is 75.0 Å². The number of carboxylic acid groups (broad SMARTS) is 1. The fraction of sp³-hybridized carbons (Fsp3) is 0.818.